The van der Waals surface area contributed by atoms with Gasteiger partial charge in [0, 0.05) is 6.07 Å². The first-order valence-corrected chi connectivity index (χ1v) is 5.25. The minimum Gasteiger partial charge on any atom is -0.493 e. The summed E-state index contributed by atoms with van der Waals surface area (Å²) >= 11 is 0. The number of imidazole rings is 1. The second-order valence-corrected chi connectivity index (χ2v) is 3.77. The predicted octanol–water partition coefficient (Wildman–Crippen LogP) is 1.85. The van der Waals surface area contributed by atoms with E-state index in [0.717, 1.165) is 0 Å². The molecule has 6 heteroatoms. The molecule has 1 aromatic carbocycles. The van der Waals surface area contributed by atoms with Crippen LogP contribution in [0.1, 0.15) is 0 Å². The van der Waals surface area contributed by atoms with E-state index in [-0.39, 0.29) is 17.5 Å². The molecular weight excluding hydrogens is 235 g/mol. The normalized spacial score (nSPS) is 10.9. The maximum absolute atomic E-state index is 13.8. The van der Waals surface area contributed by atoms with E-state index in [1.807, 2.05) is 0 Å². The molecule has 2 aromatic heterocycles. The molecule has 0 aliphatic rings. The molecule has 90 valence electrons. The molecule has 0 spiro atoms. The van der Waals surface area contributed by atoms with Crippen LogP contribution >= 0.6 is 0 Å². The second-order valence-electron chi connectivity index (χ2n) is 3.77. The van der Waals surface area contributed by atoms with Crippen molar-refractivity contribution in [3.05, 3.63) is 42.2 Å². The number of rotatable bonds is 1. The molecule has 0 aliphatic carbocycles. The summed E-state index contributed by atoms with van der Waals surface area (Å²) in [6, 6.07) is 9.14. The van der Waals surface area contributed by atoms with Gasteiger partial charge in [-0.3, -0.25) is 4.57 Å². The summed E-state index contributed by atoms with van der Waals surface area (Å²) in [6.07, 6.45) is 0. The fraction of sp³-hybridized carbons (Fsp3) is 0. The van der Waals surface area contributed by atoms with Crippen LogP contribution in [-0.2, 0) is 0 Å². The van der Waals surface area contributed by atoms with Crippen molar-refractivity contribution in [3.63, 3.8) is 0 Å². The number of nitrogens with zero attached hydrogens (tertiary/aromatic N) is 3. The molecule has 3 rings (SSSR count). The molecule has 0 aliphatic heterocycles. The molecule has 0 radical (unpaired) electrons. The van der Waals surface area contributed by atoms with Gasteiger partial charge in [-0.2, -0.15) is 4.98 Å². The van der Waals surface area contributed by atoms with E-state index in [2.05, 4.69) is 9.97 Å². The molecule has 0 saturated carbocycles. The predicted molar refractivity (Wildman–Crippen MR) is 64.9 cm³/mol. The van der Waals surface area contributed by atoms with Gasteiger partial charge >= 0.3 is 0 Å². The lowest BCUT2D eigenvalue weighted by Crippen LogP contribution is -2.03. The van der Waals surface area contributed by atoms with Gasteiger partial charge in [-0.25, -0.2) is 9.37 Å². The monoisotopic (exact) mass is 244 g/mol. The van der Waals surface area contributed by atoms with Crippen LogP contribution in [0.25, 0.3) is 16.9 Å². The van der Waals surface area contributed by atoms with Gasteiger partial charge in [0.25, 0.3) is 0 Å². The van der Waals surface area contributed by atoms with Crippen LogP contribution in [0.3, 0.4) is 0 Å². The molecule has 0 atom stereocenters. The summed E-state index contributed by atoms with van der Waals surface area (Å²) in [4.78, 5) is 8.00. The number of nitrogens with two attached hydrogens (primary N) is 1. The van der Waals surface area contributed by atoms with Crippen LogP contribution < -0.4 is 5.73 Å². The lowest BCUT2D eigenvalue weighted by atomic mass is 10.3. The van der Waals surface area contributed by atoms with Crippen molar-refractivity contribution >= 4 is 17.1 Å². The number of para-hydroxylation sites is 1. The number of nitrogen functional groups attached to an aromatic ring is 1. The lowest BCUT2D eigenvalue weighted by molar-refractivity contribution is 0.455. The van der Waals surface area contributed by atoms with Crippen molar-refractivity contribution in [1.82, 2.24) is 14.5 Å². The Balaban J connectivity index is 2.38. The van der Waals surface area contributed by atoms with Crippen molar-refractivity contribution in [2.45, 2.75) is 0 Å². The zero-order valence-corrected chi connectivity index (χ0v) is 9.21. The summed E-state index contributed by atoms with van der Waals surface area (Å²) in [5, 5.41) is 9.39. The van der Waals surface area contributed by atoms with E-state index in [9.17, 15) is 9.50 Å². The standard InChI is InChI=1S/C12H9FN4O/c13-7-3-1-2-4-9(7)17-11-8(15-12(17)14)5-6-10(18)16-11/h1-6H,(H2,14,15)(H,16,18). The van der Waals surface area contributed by atoms with E-state index in [1.165, 1.54) is 16.7 Å². The molecule has 18 heavy (non-hydrogen) atoms. The number of halogens is 1. The average molecular weight is 244 g/mol. The first kappa shape index (κ1) is 10.5. The number of benzene rings is 1. The number of hydrogen-bond acceptors (Lipinski definition) is 4. The Kier molecular flexibility index (Phi) is 2.16. The van der Waals surface area contributed by atoms with Crippen LogP contribution in [0.2, 0.25) is 0 Å². The molecule has 0 saturated heterocycles. The zero-order valence-electron chi connectivity index (χ0n) is 9.21. The highest BCUT2D eigenvalue weighted by atomic mass is 19.1. The molecule has 0 amide bonds. The van der Waals surface area contributed by atoms with Gasteiger partial charge in [-0.15, -0.1) is 0 Å². The molecular formula is C12H9FN4O. The molecule has 5 nitrogen and oxygen atoms in total. The van der Waals surface area contributed by atoms with Gasteiger partial charge in [-0.1, -0.05) is 12.1 Å². The second kappa shape index (κ2) is 3.69. The van der Waals surface area contributed by atoms with Gasteiger partial charge in [0.2, 0.25) is 11.8 Å². The van der Waals surface area contributed by atoms with Gasteiger partial charge in [-0.05, 0) is 18.2 Å². The number of fused-ring (bicyclic) bond motifs is 1. The van der Waals surface area contributed by atoms with Crippen molar-refractivity contribution in [1.29, 1.82) is 0 Å². The largest absolute Gasteiger partial charge is 0.493 e. The Labute approximate surface area is 101 Å². The van der Waals surface area contributed by atoms with E-state index in [4.69, 9.17) is 5.73 Å². The van der Waals surface area contributed by atoms with Crippen LogP contribution in [0.5, 0.6) is 5.88 Å². The van der Waals surface area contributed by atoms with Crippen molar-refractivity contribution < 1.29 is 9.50 Å². The first-order chi connectivity index (χ1) is 8.66. The quantitative estimate of drug-likeness (QED) is 0.684. The third kappa shape index (κ3) is 1.46. The average Bonchev–Trinajstić information content (AvgIpc) is 2.66. The van der Waals surface area contributed by atoms with Gasteiger partial charge in [0.05, 0.1) is 5.69 Å². The fourth-order valence-corrected chi connectivity index (χ4v) is 1.84. The third-order valence-electron chi connectivity index (χ3n) is 2.61. The number of aromatic hydroxyl groups is 1. The maximum Gasteiger partial charge on any atom is 0.212 e. The van der Waals surface area contributed by atoms with E-state index < -0.39 is 5.82 Å². The molecule has 3 N–H and O–H groups in total. The van der Waals surface area contributed by atoms with Gasteiger partial charge in [0.1, 0.15) is 11.3 Å². The molecule has 0 unspecified atom stereocenters. The fourth-order valence-electron chi connectivity index (χ4n) is 1.84. The summed E-state index contributed by atoms with van der Waals surface area (Å²) in [5.74, 6) is -0.484. The van der Waals surface area contributed by atoms with E-state index in [1.54, 1.807) is 24.3 Å². The summed E-state index contributed by atoms with van der Waals surface area (Å²) in [5.41, 5.74) is 6.83. The lowest BCUT2D eigenvalue weighted by Gasteiger charge is -2.06. The Morgan fingerprint density at radius 2 is 1.89 bits per heavy atom. The topological polar surface area (TPSA) is 77.0 Å². The molecule has 3 aromatic rings. The Morgan fingerprint density at radius 3 is 2.67 bits per heavy atom. The van der Waals surface area contributed by atoms with Gasteiger partial charge in [0.15, 0.2) is 5.65 Å². The third-order valence-corrected chi connectivity index (χ3v) is 2.61. The number of pyridine rings is 1. The SMILES string of the molecule is Nc1nc2ccc(O)nc2n1-c1ccccc1F. The number of anilines is 1. The van der Waals surface area contributed by atoms with E-state index in [0.29, 0.717) is 11.2 Å². The molecule has 0 fully saturated rings. The highest BCUT2D eigenvalue weighted by Gasteiger charge is 2.14. The first-order valence-electron chi connectivity index (χ1n) is 5.25. The van der Waals surface area contributed by atoms with Crippen molar-refractivity contribution in [2.24, 2.45) is 0 Å². The van der Waals surface area contributed by atoms with Gasteiger partial charge < -0.3 is 10.8 Å². The summed E-state index contributed by atoms with van der Waals surface area (Å²) in [6.45, 7) is 0. The Bertz CT molecular complexity index is 738. The van der Waals surface area contributed by atoms with Crippen LogP contribution in [0.15, 0.2) is 36.4 Å². The van der Waals surface area contributed by atoms with Crippen LogP contribution in [0.4, 0.5) is 10.3 Å². The Hall–Kier alpha value is -2.63. The summed E-state index contributed by atoms with van der Waals surface area (Å²) in [7, 11) is 0. The maximum atomic E-state index is 13.8. The summed E-state index contributed by atoms with van der Waals surface area (Å²) < 4.78 is 15.1. The molecule has 2 heterocycles. The van der Waals surface area contributed by atoms with Crippen molar-refractivity contribution in [3.8, 4) is 11.6 Å². The van der Waals surface area contributed by atoms with Crippen LogP contribution in [-0.4, -0.2) is 19.6 Å². The highest BCUT2D eigenvalue weighted by molar-refractivity contribution is 5.77. The zero-order chi connectivity index (χ0) is 12.7. The van der Waals surface area contributed by atoms with Crippen molar-refractivity contribution in [2.75, 3.05) is 5.73 Å². The number of hydrogen-bond donors (Lipinski definition) is 2. The highest BCUT2D eigenvalue weighted by Crippen LogP contribution is 2.24. The van der Waals surface area contributed by atoms with E-state index >= 15 is 0 Å². The smallest absolute Gasteiger partial charge is 0.212 e. The minimum atomic E-state index is -0.436. The molecule has 0 bridgehead atoms. The minimum absolute atomic E-state index is 0.119. The number of aromatic nitrogens is 3. The Morgan fingerprint density at radius 1 is 1.11 bits per heavy atom. The van der Waals surface area contributed by atoms with Crippen LogP contribution in [0, 0.1) is 5.82 Å².